The van der Waals surface area contributed by atoms with E-state index in [2.05, 4.69) is 10.0 Å². The number of anilines is 1. The number of nitrogens with one attached hydrogen (secondary N) is 2. The van der Waals surface area contributed by atoms with E-state index in [0.717, 1.165) is 22.0 Å². The second-order valence-electron chi connectivity index (χ2n) is 5.54. The minimum Gasteiger partial charge on any atom is -0.351 e. The molecule has 0 unspecified atom stereocenters. The Morgan fingerprint density at radius 3 is 2.56 bits per heavy atom. The third-order valence-electron chi connectivity index (χ3n) is 3.54. The van der Waals surface area contributed by atoms with Gasteiger partial charge >= 0.3 is 0 Å². The Kier molecular flexibility index (Phi) is 6.54. The lowest BCUT2D eigenvalue weighted by Gasteiger charge is -2.09. The molecule has 1 heterocycles. The average Bonchev–Trinajstić information content (AvgIpc) is 3.22. The van der Waals surface area contributed by atoms with Crippen molar-refractivity contribution in [2.45, 2.75) is 9.10 Å². The minimum atomic E-state index is -3.63. The number of benzene rings is 2. The van der Waals surface area contributed by atoms with Gasteiger partial charge in [-0.1, -0.05) is 30.3 Å². The van der Waals surface area contributed by atoms with Gasteiger partial charge in [0.05, 0.1) is 0 Å². The predicted molar refractivity (Wildman–Crippen MR) is 111 cm³/mol. The van der Waals surface area contributed by atoms with Gasteiger partial charge in [-0.15, -0.1) is 23.1 Å². The van der Waals surface area contributed by atoms with E-state index >= 15 is 0 Å². The first kappa shape index (κ1) is 19.5. The van der Waals surface area contributed by atoms with E-state index < -0.39 is 10.0 Å². The zero-order valence-corrected chi connectivity index (χ0v) is 16.7. The first-order chi connectivity index (χ1) is 13.0. The largest absolute Gasteiger partial charge is 0.351 e. The van der Waals surface area contributed by atoms with Gasteiger partial charge in [-0.05, 0) is 41.8 Å². The van der Waals surface area contributed by atoms with Gasteiger partial charge in [-0.3, -0.25) is 9.52 Å². The summed E-state index contributed by atoms with van der Waals surface area (Å²) in [7, 11) is -3.63. The average molecular weight is 419 g/mol. The van der Waals surface area contributed by atoms with Crippen molar-refractivity contribution in [3.63, 3.8) is 0 Å². The molecule has 0 fully saturated rings. The van der Waals surface area contributed by atoms with Crippen molar-refractivity contribution in [1.82, 2.24) is 5.32 Å². The molecule has 140 valence electrons. The van der Waals surface area contributed by atoms with Crippen molar-refractivity contribution in [1.29, 1.82) is 0 Å². The maximum absolute atomic E-state index is 12.3. The molecule has 27 heavy (non-hydrogen) atoms. The SMILES string of the molecule is O=C(NCCSc1ccccc1)c1cccc(NS(=O)(=O)c2cccs2)c1. The third kappa shape index (κ3) is 5.59. The summed E-state index contributed by atoms with van der Waals surface area (Å²) < 4.78 is 27.3. The molecule has 0 saturated heterocycles. The Balaban J connectivity index is 1.55. The van der Waals surface area contributed by atoms with Gasteiger partial charge in [-0.2, -0.15) is 0 Å². The van der Waals surface area contributed by atoms with E-state index in [9.17, 15) is 13.2 Å². The highest BCUT2D eigenvalue weighted by molar-refractivity contribution is 7.99. The fourth-order valence-electron chi connectivity index (χ4n) is 2.30. The highest BCUT2D eigenvalue weighted by Gasteiger charge is 2.16. The summed E-state index contributed by atoms with van der Waals surface area (Å²) in [6.45, 7) is 0.517. The summed E-state index contributed by atoms with van der Waals surface area (Å²) >= 11 is 2.80. The molecule has 0 atom stereocenters. The topological polar surface area (TPSA) is 75.3 Å². The number of rotatable bonds is 8. The van der Waals surface area contributed by atoms with Gasteiger partial charge in [0.25, 0.3) is 15.9 Å². The van der Waals surface area contributed by atoms with Crippen molar-refractivity contribution in [2.75, 3.05) is 17.0 Å². The molecular weight excluding hydrogens is 400 g/mol. The van der Waals surface area contributed by atoms with Crippen LogP contribution < -0.4 is 10.0 Å². The fourth-order valence-corrected chi connectivity index (χ4v) is 5.13. The second-order valence-corrected chi connectivity index (χ2v) is 9.56. The van der Waals surface area contributed by atoms with E-state index in [4.69, 9.17) is 0 Å². The van der Waals surface area contributed by atoms with Crippen LogP contribution in [-0.2, 0) is 10.0 Å². The molecule has 3 rings (SSSR count). The van der Waals surface area contributed by atoms with E-state index in [0.29, 0.717) is 17.8 Å². The molecular formula is C19H18N2O3S3. The molecule has 8 heteroatoms. The van der Waals surface area contributed by atoms with E-state index in [-0.39, 0.29) is 10.1 Å². The Labute approximate surface area is 166 Å². The summed E-state index contributed by atoms with van der Waals surface area (Å²) in [5, 5.41) is 4.55. The quantitative estimate of drug-likeness (QED) is 0.427. The standard InChI is InChI=1S/C19H18N2O3S3/c22-19(20-11-13-25-17-8-2-1-3-9-17)15-6-4-7-16(14-15)21-27(23,24)18-10-5-12-26-18/h1-10,12,14,21H,11,13H2,(H,20,22). The lowest BCUT2D eigenvalue weighted by molar-refractivity contribution is 0.0956. The van der Waals surface area contributed by atoms with E-state index in [1.165, 1.54) is 12.1 Å². The van der Waals surface area contributed by atoms with Crippen LogP contribution in [0.25, 0.3) is 0 Å². The van der Waals surface area contributed by atoms with Crippen LogP contribution in [0.5, 0.6) is 0 Å². The molecule has 2 aromatic carbocycles. The lowest BCUT2D eigenvalue weighted by atomic mass is 10.2. The number of carbonyl (C=O) groups excluding carboxylic acids is 1. The number of carbonyl (C=O) groups is 1. The van der Waals surface area contributed by atoms with Crippen LogP contribution in [0.4, 0.5) is 5.69 Å². The number of sulfonamides is 1. The van der Waals surface area contributed by atoms with Crippen molar-refractivity contribution in [3.05, 3.63) is 77.7 Å². The van der Waals surface area contributed by atoms with Gasteiger partial charge in [0.15, 0.2) is 0 Å². The van der Waals surface area contributed by atoms with Crippen LogP contribution in [0.1, 0.15) is 10.4 Å². The molecule has 0 bridgehead atoms. The van der Waals surface area contributed by atoms with Crippen LogP contribution in [0.2, 0.25) is 0 Å². The van der Waals surface area contributed by atoms with Crippen molar-refractivity contribution in [3.8, 4) is 0 Å². The summed E-state index contributed by atoms with van der Waals surface area (Å²) in [6, 6.07) is 19.6. The summed E-state index contributed by atoms with van der Waals surface area (Å²) in [5.74, 6) is 0.515. The van der Waals surface area contributed by atoms with Gasteiger partial charge in [-0.25, -0.2) is 8.42 Å². The van der Waals surface area contributed by atoms with Crippen LogP contribution in [0, 0.1) is 0 Å². The summed E-state index contributed by atoms with van der Waals surface area (Å²) in [6.07, 6.45) is 0. The molecule has 5 nitrogen and oxygen atoms in total. The second kappa shape index (κ2) is 9.07. The van der Waals surface area contributed by atoms with E-state index in [1.807, 2.05) is 30.3 Å². The fraction of sp³-hybridized carbons (Fsp3) is 0.105. The number of hydrogen-bond donors (Lipinski definition) is 2. The zero-order chi connectivity index (χ0) is 19.1. The first-order valence-electron chi connectivity index (χ1n) is 8.17. The predicted octanol–water partition coefficient (Wildman–Crippen LogP) is 4.07. The summed E-state index contributed by atoms with van der Waals surface area (Å²) in [4.78, 5) is 13.5. The number of thiophene rings is 1. The maximum Gasteiger partial charge on any atom is 0.271 e. The minimum absolute atomic E-state index is 0.232. The Bertz CT molecular complexity index is 988. The normalized spacial score (nSPS) is 11.1. The molecule has 0 aliphatic carbocycles. The zero-order valence-electron chi connectivity index (χ0n) is 14.3. The van der Waals surface area contributed by atoms with E-state index in [1.54, 1.807) is 41.4 Å². The molecule has 0 aliphatic heterocycles. The highest BCUT2D eigenvalue weighted by Crippen LogP contribution is 2.21. The molecule has 0 spiro atoms. The van der Waals surface area contributed by atoms with Crippen molar-refractivity contribution >= 4 is 44.7 Å². The van der Waals surface area contributed by atoms with Crippen molar-refractivity contribution in [2.24, 2.45) is 0 Å². The number of hydrogen-bond acceptors (Lipinski definition) is 5. The molecule has 0 saturated carbocycles. The first-order valence-corrected chi connectivity index (χ1v) is 11.5. The van der Waals surface area contributed by atoms with Crippen LogP contribution >= 0.6 is 23.1 Å². The van der Waals surface area contributed by atoms with Gasteiger partial charge in [0, 0.05) is 28.4 Å². The van der Waals surface area contributed by atoms with Crippen LogP contribution in [0.3, 0.4) is 0 Å². The summed E-state index contributed by atoms with van der Waals surface area (Å²) in [5.41, 5.74) is 0.765. The monoisotopic (exact) mass is 418 g/mol. The molecule has 0 radical (unpaired) electrons. The van der Waals surface area contributed by atoms with Crippen molar-refractivity contribution < 1.29 is 13.2 Å². The maximum atomic E-state index is 12.3. The molecule has 2 N–H and O–H groups in total. The molecule has 3 aromatic rings. The van der Waals surface area contributed by atoms with Crippen LogP contribution in [-0.4, -0.2) is 26.6 Å². The smallest absolute Gasteiger partial charge is 0.271 e. The Hall–Kier alpha value is -2.29. The Morgan fingerprint density at radius 1 is 1.00 bits per heavy atom. The molecule has 1 amide bonds. The lowest BCUT2D eigenvalue weighted by Crippen LogP contribution is -2.25. The van der Waals surface area contributed by atoms with Gasteiger partial charge < -0.3 is 5.32 Å². The van der Waals surface area contributed by atoms with Gasteiger partial charge in [0.2, 0.25) is 0 Å². The molecule has 1 aromatic heterocycles. The third-order valence-corrected chi connectivity index (χ3v) is 7.33. The van der Waals surface area contributed by atoms with Gasteiger partial charge in [0.1, 0.15) is 4.21 Å². The number of amides is 1. The van der Waals surface area contributed by atoms with Crippen LogP contribution in [0.15, 0.2) is 81.2 Å². The number of thioether (sulfide) groups is 1. The highest BCUT2D eigenvalue weighted by atomic mass is 32.2. The Morgan fingerprint density at radius 2 is 1.81 bits per heavy atom. The molecule has 0 aliphatic rings.